The van der Waals surface area contributed by atoms with Gasteiger partial charge in [-0.1, -0.05) is 6.92 Å². The number of aliphatic hydroxyl groups is 1. The third kappa shape index (κ3) is 3.07. The Balaban J connectivity index is 1.91. The van der Waals surface area contributed by atoms with Gasteiger partial charge in [0.2, 0.25) is 0 Å². The zero-order chi connectivity index (χ0) is 12.3. The second kappa shape index (κ2) is 5.96. The highest BCUT2D eigenvalue weighted by Gasteiger charge is 2.25. The molecule has 0 amide bonds. The van der Waals surface area contributed by atoms with Crippen molar-refractivity contribution >= 4 is 11.3 Å². The number of nitrogens with one attached hydrogen (secondary N) is 1. The number of hydrogen-bond acceptors (Lipinski definition) is 4. The SMILES string of the molecule is CCNCC(O)CN1CCc2sccc2C1C. The predicted octanol–water partition coefficient (Wildman–Crippen LogP) is 1.64. The summed E-state index contributed by atoms with van der Waals surface area (Å²) in [5, 5.41) is 15.3. The molecule has 2 N–H and O–H groups in total. The molecule has 17 heavy (non-hydrogen) atoms. The van der Waals surface area contributed by atoms with Crippen LogP contribution in [0.1, 0.15) is 30.3 Å². The number of nitrogens with zero attached hydrogens (tertiary/aromatic N) is 1. The summed E-state index contributed by atoms with van der Waals surface area (Å²) in [6, 6.07) is 2.68. The number of fused-ring (bicyclic) bond motifs is 1. The summed E-state index contributed by atoms with van der Waals surface area (Å²) in [4.78, 5) is 3.91. The van der Waals surface area contributed by atoms with E-state index in [2.05, 4.69) is 35.5 Å². The van der Waals surface area contributed by atoms with E-state index in [0.717, 1.165) is 26.1 Å². The largest absolute Gasteiger partial charge is 0.390 e. The molecule has 0 aliphatic carbocycles. The van der Waals surface area contributed by atoms with Crippen molar-refractivity contribution in [2.45, 2.75) is 32.4 Å². The molecule has 1 aliphatic heterocycles. The van der Waals surface area contributed by atoms with Gasteiger partial charge in [-0.15, -0.1) is 11.3 Å². The van der Waals surface area contributed by atoms with Crippen LogP contribution in [0.5, 0.6) is 0 Å². The number of aliphatic hydroxyl groups excluding tert-OH is 1. The second-order valence-electron chi connectivity index (χ2n) is 4.68. The maximum Gasteiger partial charge on any atom is 0.0791 e. The molecular formula is C13H22N2OS. The van der Waals surface area contributed by atoms with Crippen molar-refractivity contribution in [2.24, 2.45) is 0 Å². The number of rotatable bonds is 5. The van der Waals surface area contributed by atoms with Crippen molar-refractivity contribution in [3.8, 4) is 0 Å². The maximum absolute atomic E-state index is 9.95. The summed E-state index contributed by atoms with van der Waals surface area (Å²) in [5.41, 5.74) is 1.46. The standard InChI is InChI=1S/C13H22N2OS/c1-3-14-8-11(16)9-15-6-4-13-12(10(15)2)5-7-17-13/h5,7,10-11,14,16H,3-4,6,8-9H2,1-2H3. The van der Waals surface area contributed by atoms with Crippen LogP contribution in [-0.2, 0) is 6.42 Å². The average molecular weight is 254 g/mol. The Kier molecular flexibility index (Phi) is 4.56. The van der Waals surface area contributed by atoms with Crippen molar-refractivity contribution in [1.29, 1.82) is 0 Å². The Morgan fingerprint density at radius 2 is 2.47 bits per heavy atom. The van der Waals surface area contributed by atoms with Gasteiger partial charge in [-0.2, -0.15) is 0 Å². The van der Waals surface area contributed by atoms with E-state index in [1.165, 1.54) is 10.4 Å². The number of thiophene rings is 1. The van der Waals surface area contributed by atoms with E-state index in [4.69, 9.17) is 0 Å². The third-order valence-electron chi connectivity index (χ3n) is 3.48. The minimum Gasteiger partial charge on any atom is -0.390 e. The second-order valence-corrected chi connectivity index (χ2v) is 5.68. The molecule has 0 fully saturated rings. The van der Waals surface area contributed by atoms with E-state index in [1.807, 2.05) is 11.3 Å². The lowest BCUT2D eigenvalue weighted by molar-refractivity contribution is 0.0869. The lowest BCUT2D eigenvalue weighted by Crippen LogP contribution is -2.42. The molecule has 96 valence electrons. The first-order valence-corrected chi connectivity index (χ1v) is 7.29. The molecule has 0 spiro atoms. The Morgan fingerprint density at radius 1 is 1.65 bits per heavy atom. The molecule has 0 bridgehead atoms. The normalized spacial score (nSPS) is 22.4. The minimum atomic E-state index is -0.266. The molecule has 2 rings (SSSR count). The van der Waals surface area contributed by atoms with Crippen molar-refractivity contribution < 1.29 is 5.11 Å². The molecule has 1 aliphatic rings. The fourth-order valence-corrected chi connectivity index (χ4v) is 3.42. The van der Waals surface area contributed by atoms with Crippen molar-refractivity contribution in [2.75, 3.05) is 26.2 Å². The molecule has 0 saturated carbocycles. The highest BCUT2D eigenvalue weighted by molar-refractivity contribution is 7.10. The van der Waals surface area contributed by atoms with Gasteiger partial charge in [0.25, 0.3) is 0 Å². The van der Waals surface area contributed by atoms with E-state index in [-0.39, 0.29) is 6.10 Å². The van der Waals surface area contributed by atoms with Crippen LogP contribution < -0.4 is 5.32 Å². The van der Waals surface area contributed by atoms with Gasteiger partial charge in [0.05, 0.1) is 6.10 Å². The molecule has 1 aromatic rings. The minimum absolute atomic E-state index is 0.266. The molecule has 2 heterocycles. The zero-order valence-corrected chi connectivity index (χ0v) is 11.5. The van der Waals surface area contributed by atoms with Crippen LogP contribution in [0.3, 0.4) is 0 Å². The van der Waals surface area contributed by atoms with E-state index in [1.54, 1.807) is 0 Å². The van der Waals surface area contributed by atoms with Crippen LogP contribution in [-0.4, -0.2) is 42.3 Å². The number of hydrogen-bond donors (Lipinski definition) is 2. The van der Waals surface area contributed by atoms with Gasteiger partial charge in [-0.05, 0) is 36.9 Å². The zero-order valence-electron chi connectivity index (χ0n) is 10.6. The molecule has 2 unspecified atom stereocenters. The smallest absolute Gasteiger partial charge is 0.0791 e. The quantitative estimate of drug-likeness (QED) is 0.838. The first-order valence-electron chi connectivity index (χ1n) is 6.41. The summed E-state index contributed by atoms with van der Waals surface area (Å²) in [7, 11) is 0. The summed E-state index contributed by atoms with van der Waals surface area (Å²) < 4.78 is 0. The monoisotopic (exact) mass is 254 g/mol. The summed E-state index contributed by atoms with van der Waals surface area (Å²) >= 11 is 1.86. The Hall–Kier alpha value is -0.420. The fourth-order valence-electron chi connectivity index (χ4n) is 2.46. The van der Waals surface area contributed by atoms with Crippen molar-refractivity contribution in [3.63, 3.8) is 0 Å². The van der Waals surface area contributed by atoms with Crippen LogP contribution >= 0.6 is 11.3 Å². The highest BCUT2D eigenvalue weighted by Crippen LogP contribution is 2.32. The lowest BCUT2D eigenvalue weighted by atomic mass is 10.0. The van der Waals surface area contributed by atoms with E-state index in [0.29, 0.717) is 12.6 Å². The van der Waals surface area contributed by atoms with Gasteiger partial charge >= 0.3 is 0 Å². The first-order chi connectivity index (χ1) is 8.22. The molecular weight excluding hydrogens is 232 g/mol. The van der Waals surface area contributed by atoms with Crippen LogP contribution in [0, 0.1) is 0 Å². The van der Waals surface area contributed by atoms with Gasteiger partial charge in [0.1, 0.15) is 0 Å². The van der Waals surface area contributed by atoms with E-state index >= 15 is 0 Å². The highest BCUT2D eigenvalue weighted by atomic mass is 32.1. The van der Waals surface area contributed by atoms with Crippen molar-refractivity contribution in [1.82, 2.24) is 10.2 Å². The molecule has 0 aromatic carbocycles. The number of likely N-dealkylation sites (N-methyl/N-ethyl adjacent to an activating group) is 1. The molecule has 2 atom stereocenters. The van der Waals surface area contributed by atoms with Crippen LogP contribution in [0.15, 0.2) is 11.4 Å². The molecule has 0 radical (unpaired) electrons. The topological polar surface area (TPSA) is 35.5 Å². The van der Waals surface area contributed by atoms with Gasteiger partial charge in [-0.25, -0.2) is 0 Å². The maximum atomic E-state index is 9.95. The van der Waals surface area contributed by atoms with Gasteiger partial charge in [-0.3, -0.25) is 4.90 Å². The van der Waals surface area contributed by atoms with Crippen LogP contribution in [0.25, 0.3) is 0 Å². The van der Waals surface area contributed by atoms with Gasteiger partial charge in [0.15, 0.2) is 0 Å². The summed E-state index contributed by atoms with van der Waals surface area (Å²) in [6.07, 6.45) is 0.864. The summed E-state index contributed by atoms with van der Waals surface area (Å²) in [6.45, 7) is 7.75. The predicted molar refractivity (Wildman–Crippen MR) is 72.6 cm³/mol. The summed E-state index contributed by atoms with van der Waals surface area (Å²) in [5.74, 6) is 0. The third-order valence-corrected chi connectivity index (χ3v) is 4.48. The first kappa shape index (κ1) is 13.0. The van der Waals surface area contributed by atoms with Gasteiger partial charge < -0.3 is 10.4 Å². The lowest BCUT2D eigenvalue weighted by Gasteiger charge is -2.34. The van der Waals surface area contributed by atoms with E-state index < -0.39 is 0 Å². The average Bonchev–Trinajstić information content (AvgIpc) is 2.79. The van der Waals surface area contributed by atoms with Crippen LogP contribution in [0.4, 0.5) is 0 Å². The van der Waals surface area contributed by atoms with Gasteiger partial charge in [0, 0.05) is 30.6 Å². The van der Waals surface area contributed by atoms with E-state index in [9.17, 15) is 5.11 Å². The molecule has 1 aromatic heterocycles. The number of β-amino-alcohol motifs (C(OH)–C–C–N with tert-alkyl or cyclic N) is 1. The Morgan fingerprint density at radius 3 is 3.24 bits per heavy atom. The van der Waals surface area contributed by atoms with Crippen molar-refractivity contribution in [3.05, 3.63) is 21.9 Å². The Labute approximate surface area is 107 Å². The van der Waals surface area contributed by atoms with Crippen LogP contribution in [0.2, 0.25) is 0 Å². The molecule has 3 nitrogen and oxygen atoms in total. The molecule has 4 heteroatoms. The Bertz CT molecular complexity index is 353. The molecule has 0 saturated heterocycles. The fraction of sp³-hybridized carbons (Fsp3) is 0.692.